The summed E-state index contributed by atoms with van der Waals surface area (Å²) in [7, 11) is 1.32. The van der Waals surface area contributed by atoms with E-state index in [0.717, 1.165) is 4.47 Å². The lowest BCUT2D eigenvalue weighted by molar-refractivity contribution is -0.166. The number of esters is 1. The normalized spacial score (nSPS) is 18.2. The Kier molecular flexibility index (Phi) is 6.34. The predicted molar refractivity (Wildman–Crippen MR) is 101 cm³/mol. The number of likely N-dealkylation sites (tertiary alicyclic amines) is 1. The van der Waals surface area contributed by atoms with E-state index in [-0.39, 0.29) is 0 Å². The van der Waals surface area contributed by atoms with Crippen molar-refractivity contribution in [3.05, 3.63) is 34.3 Å². The second kappa shape index (κ2) is 7.96. The fourth-order valence-corrected chi connectivity index (χ4v) is 3.70. The largest absolute Gasteiger partial charge is 0.469 e. The molecule has 1 amide bonds. The molecule has 0 radical (unpaired) electrons. The Balaban J connectivity index is 2.22. The third kappa shape index (κ3) is 4.38. The first kappa shape index (κ1) is 20.7. The summed E-state index contributed by atoms with van der Waals surface area (Å²) in [6.45, 7) is 6.05. The molecule has 1 unspecified atom stereocenters. The van der Waals surface area contributed by atoms with Crippen LogP contribution in [0, 0.1) is 5.41 Å². The number of carbonyl (C=O) groups excluding carboxylic acids is 2. The van der Waals surface area contributed by atoms with E-state index in [1.165, 1.54) is 7.11 Å². The predicted octanol–water partition coefficient (Wildman–Crippen LogP) is 3.67. The van der Waals surface area contributed by atoms with Crippen molar-refractivity contribution in [2.75, 3.05) is 20.2 Å². The number of aliphatic hydroxyl groups excluding tert-OH is 1. The molecule has 1 saturated heterocycles. The topological polar surface area (TPSA) is 76.1 Å². The van der Waals surface area contributed by atoms with Crippen LogP contribution in [0.1, 0.15) is 45.3 Å². The number of nitrogens with zero attached hydrogens (tertiary/aromatic N) is 1. The van der Waals surface area contributed by atoms with Crippen molar-refractivity contribution in [3.8, 4) is 0 Å². The van der Waals surface area contributed by atoms with E-state index in [9.17, 15) is 14.7 Å². The van der Waals surface area contributed by atoms with Crippen LogP contribution in [0.15, 0.2) is 28.7 Å². The summed E-state index contributed by atoms with van der Waals surface area (Å²) in [5, 5.41) is 11.0. The van der Waals surface area contributed by atoms with Crippen LogP contribution >= 0.6 is 15.9 Å². The molecule has 1 aromatic rings. The Morgan fingerprint density at radius 1 is 1.23 bits per heavy atom. The Morgan fingerprint density at radius 3 is 2.31 bits per heavy atom. The standard InChI is InChI=1S/C19H26BrNO5/c1-18(2,3)26-17(24)21-11-9-19(10-12-21,16(23)25-4)15(22)13-7-5-6-8-14(13)20/h5-8,15,22H,9-12H2,1-4H3. The molecule has 0 saturated carbocycles. The summed E-state index contributed by atoms with van der Waals surface area (Å²) in [6.07, 6.45) is -0.860. The van der Waals surface area contributed by atoms with Crippen molar-refractivity contribution in [2.24, 2.45) is 5.41 Å². The van der Waals surface area contributed by atoms with Gasteiger partial charge >= 0.3 is 12.1 Å². The van der Waals surface area contributed by atoms with Gasteiger partial charge in [0.15, 0.2) is 0 Å². The lowest BCUT2D eigenvalue weighted by Crippen LogP contribution is -2.50. The van der Waals surface area contributed by atoms with Crippen LogP contribution in [0.5, 0.6) is 0 Å². The first-order valence-electron chi connectivity index (χ1n) is 8.59. The molecule has 1 N–H and O–H groups in total. The number of aliphatic hydroxyl groups is 1. The van der Waals surface area contributed by atoms with Crippen LogP contribution in [-0.4, -0.2) is 47.9 Å². The maximum absolute atomic E-state index is 12.6. The fourth-order valence-electron chi connectivity index (χ4n) is 3.20. The minimum absolute atomic E-state index is 0.293. The molecule has 1 atom stereocenters. The van der Waals surface area contributed by atoms with Crippen LogP contribution in [0.3, 0.4) is 0 Å². The van der Waals surface area contributed by atoms with Gasteiger partial charge in [0.1, 0.15) is 11.0 Å². The number of amides is 1. The SMILES string of the molecule is COC(=O)C1(C(O)c2ccccc2Br)CCN(C(=O)OC(C)(C)C)CC1. The molecular formula is C19H26BrNO5. The Hall–Kier alpha value is -1.60. The molecule has 6 nitrogen and oxygen atoms in total. The molecule has 144 valence electrons. The zero-order chi connectivity index (χ0) is 19.5. The third-order valence-electron chi connectivity index (χ3n) is 4.62. The molecule has 1 aromatic carbocycles. The minimum Gasteiger partial charge on any atom is -0.469 e. The van der Waals surface area contributed by atoms with Gasteiger partial charge in [-0.3, -0.25) is 4.79 Å². The van der Waals surface area contributed by atoms with E-state index in [0.29, 0.717) is 31.5 Å². The van der Waals surface area contributed by atoms with Gasteiger partial charge in [0, 0.05) is 17.6 Å². The van der Waals surface area contributed by atoms with Gasteiger partial charge in [-0.15, -0.1) is 0 Å². The van der Waals surface area contributed by atoms with E-state index >= 15 is 0 Å². The summed E-state index contributed by atoms with van der Waals surface area (Å²) in [5.74, 6) is -0.468. The summed E-state index contributed by atoms with van der Waals surface area (Å²) in [4.78, 5) is 26.4. The number of halogens is 1. The number of rotatable bonds is 3. The van der Waals surface area contributed by atoms with Crippen LogP contribution in [0.25, 0.3) is 0 Å². The molecular weight excluding hydrogens is 402 g/mol. The van der Waals surface area contributed by atoms with Crippen molar-refractivity contribution < 1.29 is 24.2 Å². The summed E-state index contributed by atoms with van der Waals surface area (Å²) in [5.41, 5.74) is -1.05. The number of hydrogen-bond donors (Lipinski definition) is 1. The minimum atomic E-state index is -1.10. The number of methoxy groups -OCH3 is 1. The molecule has 1 fully saturated rings. The van der Waals surface area contributed by atoms with Crippen LogP contribution in [-0.2, 0) is 14.3 Å². The number of benzene rings is 1. The van der Waals surface area contributed by atoms with Crippen molar-refractivity contribution in [2.45, 2.75) is 45.3 Å². The zero-order valence-electron chi connectivity index (χ0n) is 15.6. The number of ether oxygens (including phenoxy) is 2. The maximum Gasteiger partial charge on any atom is 0.410 e. The van der Waals surface area contributed by atoms with Crippen molar-refractivity contribution in [1.82, 2.24) is 4.90 Å². The van der Waals surface area contributed by atoms with Gasteiger partial charge in [-0.05, 0) is 45.2 Å². The second-order valence-electron chi connectivity index (χ2n) is 7.54. The Bertz CT molecular complexity index is 662. The molecule has 1 aliphatic rings. The first-order chi connectivity index (χ1) is 12.1. The van der Waals surface area contributed by atoms with E-state index in [2.05, 4.69) is 15.9 Å². The van der Waals surface area contributed by atoms with Gasteiger partial charge in [-0.25, -0.2) is 4.79 Å². The van der Waals surface area contributed by atoms with E-state index < -0.39 is 29.2 Å². The number of hydrogen-bond acceptors (Lipinski definition) is 5. The first-order valence-corrected chi connectivity index (χ1v) is 9.39. The Morgan fingerprint density at radius 2 is 1.81 bits per heavy atom. The fraction of sp³-hybridized carbons (Fsp3) is 0.579. The summed E-state index contributed by atoms with van der Waals surface area (Å²) < 4.78 is 11.1. The Labute approximate surface area is 162 Å². The van der Waals surface area contributed by atoms with Gasteiger partial charge < -0.3 is 19.5 Å². The molecule has 0 aromatic heterocycles. The molecule has 2 rings (SSSR count). The molecule has 0 spiro atoms. The lowest BCUT2D eigenvalue weighted by atomic mass is 9.71. The van der Waals surface area contributed by atoms with Crippen molar-refractivity contribution >= 4 is 28.0 Å². The van der Waals surface area contributed by atoms with Crippen LogP contribution < -0.4 is 0 Å². The van der Waals surface area contributed by atoms with Gasteiger partial charge in [-0.1, -0.05) is 34.1 Å². The highest BCUT2D eigenvalue weighted by molar-refractivity contribution is 9.10. The number of piperidine rings is 1. The molecule has 1 heterocycles. The average molecular weight is 428 g/mol. The molecule has 26 heavy (non-hydrogen) atoms. The van der Waals surface area contributed by atoms with Gasteiger partial charge in [0.05, 0.1) is 13.2 Å². The smallest absolute Gasteiger partial charge is 0.410 e. The summed E-state index contributed by atoms with van der Waals surface area (Å²) in [6, 6.07) is 7.25. The van der Waals surface area contributed by atoms with Gasteiger partial charge in [0.25, 0.3) is 0 Å². The van der Waals surface area contributed by atoms with Crippen LogP contribution in [0.2, 0.25) is 0 Å². The quantitative estimate of drug-likeness (QED) is 0.744. The molecule has 0 bridgehead atoms. The third-order valence-corrected chi connectivity index (χ3v) is 5.34. The lowest BCUT2D eigenvalue weighted by Gasteiger charge is -2.42. The van der Waals surface area contributed by atoms with E-state index in [1.54, 1.807) is 11.0 Å². The van der Waals surface area contributed by atoms with Crippen LogP contribution in [0.4, 0.5) is 4.79 Å². The highest BCUT2D eigenvalue weighted by Gasteiger charge is 2.50. The summed E-state index contributed by atoms with van der Waals surface area (Å²) >= 11 is 3.43. The average Bonchev–Trinajstić information content (AvgIpc) is 2.59. The van der Waals surface area contributed by atoms with E-state index in [4.69, 9.17) is 9.47 Å². The highest BCUT2D eigenvalue weighted by Crippen LogP contribution is 2.45. The maximum atomic E-state index is 12.6. The van der Waals surface area contributed by atoms with Crippen molar-refractivity contribution in [1.29, 1.82) is 0 Å². The second-order valence-corrected chi connectivity index (χ2v) is 8.39. The molecule has 1 aliphatic heterocycles. The molecule has 7 heteroatoms. The number of carbonyl (C=O) groups is 2. The van der Waals surface area contributed by atoms with Gasteiger partial charge in [0.2, 0.25) is 0 Å². The highest BCUT2D eigenvalue weighted by atomic mass is 79.9. The zero-order valence-corrected chi connectivity index (χ0v) is 17.2. The monoisotopic (exact) mass is 427 g/mol. The van der Waals surface area contributed by atoms with Gasteiger partial charge in [-0.2, -0.15) is 0 Å². The molecule has 0 aliphatic carbocycles. The van der Waals surface area contributed by atoms with E-state index in [1.807, 2.05) is 39.0 Å². The van der Waals surface area contributed by atoms with Crippen molar-refractivity contribution in [3.63, 3.8) is 0 Å².